The van der Waals surface area contributed by atoms with Gasteiger partial charge in [-0.15, -0.1) is 0 Å². The standard InChI is InChI=1S/C25H26N2O2/c1-16-20(21-10-6-7-11-22(21)27-16)12-13-26-23-14-19(18-8-4-3-5-9-18)15-24(29)25(23)17(2)28/h3-11,19,27,29H,12-15H2,1-2H3/p+1/t19-/m1/s1. The van der Waals surface area contributed by atoms with E-state index < -0.39 is 0 Å². The topological polar surface area (TPSA) is 67.1 Å². The van der Waals surface area contributed by atoms with Gasteiger partial charge in [0.1, 0.15) is 17.9 Å². The highest BCUT2D eigenvalue weighted by Gasteiger charge is 2.32. The van der Waals surface area contributed by atoms with Gasteiger partial charge in [0, 0.05) is 41.8 Å². The Hall–Kier alpha value is -3.14. The fourth-order valence-corrected chi connectivity index (χ4v) is 4.46. The Morgan fingerprint density at radius 2 is 1.83 bits per heavy atom. The molecule has 0 fully saturated rings. The molecule has 0 radical (unpaired) electrons. The zero-order valence-electron chi connectivity index (χ0n) is 17.0. The number of aliphatic hydroxyl groups excluding tert-OH is 1. The van der Waals surface area contributed by atoms with Crippen molar-refractivity contribution in [1.29, 1.82) is 0 Å². The van der Waals surface area contributed by atoms with E-state index in [4.69, 9.17) is 0 Å². The SMILES string of the molecule is CC(=O)C1=C(O)C[C@H](c2ccccc2)CC1=[NH+]CCc1c(C)[nH]c2ccccc12. The molecular formula is C25H27N2O2+. The Kier molecular flexibility index (Phi) is 5.34. The van der Waals surface area contributed by atoms with Crippen LogP contribution in [0.4, 0.5) is 0 Å². The van der Waals surface area contributed by atoms with Gasteiger partial charge in [-0.2, -0.15) is 0 Å². The highest BCUT2D eigenvalue weighted by Crippen LogP contribution is 2.33. The summed E-state index contributed by atoms with van der Waals surface area (Å²) in [5.41, 5.74) is 6.13. The van der Waals surface area contributed by atoms with E-state index in [1.165, 1.54) is 29.1 Å². The molecule has 4 heteroatoms. The molecule has 0 amide bonds. The molecule has 1 aliphatic rings. The first-order chi connectivity index (χ1) is 14.0. The predicted octanol–water partition coefficient (Wildman–Crippen LogP) is 3.52. The lowest BCUT2D eigenvalue weighted by molar-refractivity contribution is -0.457. The number of aliphatic hydroxyl groups is 1. The third-order valence-corrected chi connectivity index (χ3v) is 5.84. The number of aromatic amines is 1. The molecule has 0 saturated carbocycles. The van der Waals surface area contributed by atoms with Crippen LogP contribution in [0, 0.1) is 6.92 Å². The maximum atomic E-state index is 12.2. The second-order valence-electron chi connectivity index (χ2n) is 7.82. The molecule has 1 heterocycles. The van der Waals surface area contributed by atoms with E-state index in [0.717, 1.165) is 24.1 Å². The van der Waals surface area contributed by atoms with Gasteiger partial charge in [0.2, 0.25) is 0 Å². The van der Waals surface area contributed by atoms with Crippen LogP contribution in [0.2, 0.25) is 0 Å². The van der Waals surface area contributed by atoms with Crippen molar-refractivity contribution in [2.45, 2.75) is 39.0 Å². The summed E-state index contributed by atoms with van der Waals surface area (Å²) in [4.78, 5) is 19.1. The maximum absolute atomic E-state index is 12.2. The van der Waals surface area contributed by atoms with Crippen molar-refractivity contribution in [3.05, 3.63) is 82.8 Å². The van der Waals surface area contributed by atoms with Crippen molar-refractivity contribution < 1.29 is 14.9 Å². The molecule has 3 aromatic rings. The summed E-state index contributed by atoms with van der Waals surface area (Å²) in [5, 5.41) is 11.8. The number of aryl methyl sites for hydroxylation is 1. The van der Waals surface area contributed by atoms with Crippen LogP contribution in [-0.4, -0.2) is 28.1 Å². The van der Waals surface area contributed by atoms with Crippen molar-refractivity contribution in [3.8, 4) is 0 Å². The van der Waals surface area contributed by atoms with Gasteiger partial charge in [0.05, 0.1) is 0 Å². The second-order valence-corrected chi connectivity index (χ2v) is 7.82. The Bertz CT molecular complexity index is 1110. The molecular weight excluding hydrogens is 360 g/mol. The van der Waals surface area contributed by atoms with Gasteiger partial charge >= 0.3 is 0 Å². The van der Waals surface area contributed by atoms with Gasteiger partial charge in [0.25, 0.3) is 0 Å². The van der Waals surface area contributed by atoms with Crippen LogP contribution in [0.5, 0.6) is 0 Å². The van der Waals surface area contributed by atoms with Gasteiger partial charge in [0.15, 0.2) is 11.5 Å². The van der Waals surface area contributed by atoms with Crippen LogP contribution in [0.3, 0.4) is 0 Å². The van der Waals surface area contributed by atoms with E-state index >= 15 is 0 Å². The third kappa shape index (κ3) is 3.88. The van der Waals surface area contributed by atoms with E-state index in [1.54, 1.807) is 0 Å². The van der Waals surface area contributed by atoms with Gasteiger partial charge in [-0.25, -0.2) is 4.99 Å². The van der Waals surface area contributed by atoms with Crippen molar-refractivity contribution in [3.63, 3.8) is 0 Å². The van der Waals surface area contributed by atoms with E-state index in [-0.39, 0.29) is 17.5 Å². The quantitative estimate of drug-likeness (QED) is 0.627. The fourth-order valence-electron chi connectivity index (χ4n) is 4.46. The summed E-state index contributed by atoms with van der Waals surface area (Å²) in [7, 11) is 0. The highest BCUT2D eigenvalue weighted by molar-refractivity contribution is 6.20. The van der Waals surface area contributed by atoms with Crippen molar-refractivity contribution in [2.75, 3.05) is 6.54 Å². The van der Waals surface area contributed by atoms with Crippen molar-refractivity contribution >= 4 is 22.4 Å². The highest BCUT2D eigenvalue weighted by atomic mass is 16.3. The maximum Gasteiger partial charge on any atom is 0.189 e. The van der Waals surface area contributed by atoms with E-state index in [0.29, 0.717) is 18.5 Å². The number of carbonyl (C=O) groups excluding carboxylic acids is 1. The minimum Gasteiger partial charge on any atom is -0.511 e. The molecule has 0 unspecified atom stereocenters. The number of hydrogen-bond acceptors (Lipinski definition) is 2. The molecule has 0 aliphatic heterocycles. The first-order valence-corrected chi connectivity index (χ1v) is 10.2. The van der Waals surface area contributed by atoms with Gasteiger partial charge in [-0.1, -0.05) is 48.5 Å². The van der Waals surface area contributed by atoms with Crippen LogP contribution in [0.1, 0.15) is 42.5 Å². The minimum atomic E-state index is -0.0835. The third-order valence-electron chi connectivity index (χ3n) is 5.84. The normalized spacial score (nSPS) is 18.6. The lowest BCUT2D eigenvalue weighted by atomic mass is 9.81. The molecule has 1 aliphatic carbocycles. The molecule has 1 aromatic heterocycles. The van der Waals surface area contributed by atoms with Crippen LogP contribution in [0.25, 0.3) is 10.9 Å². The number of Topliss-reactive ketones (excluding diaryl/α,β-unsaturated/α-hetero) is 1. The molecule has 29 heavy (non-hydrogen) atoms. The number of rotatable bonds is 5. The number of ketones is 1. The first-order valence-electron chi connectivity index (χ1n) is 10.2. The number of fused-ring (bicyclic) bond motifs is 1. The number of H-pyrrole nitrogens is 1. The Morgan fingerprint density at radius 3 is 2.59 bits per heavy atom. The Balaban J connectivity index is 1.60. The number of benzene rings is 2. The second kappa shape index (κ2) is 8.08. The zero-order chi connectivity index (χ0) is 20.4. The summed E-state index contributed by atoms with van der Waals surface area (Å²) in [6, 6.07) is 18.5. The summed E-state index contributed by atoms with van der Waals surface area (Å²) >= 11 is 0. The van der Waals surface area contributed by atoms with E-state index in [2.05, 4.69) is 47.2 Å². The number of para-hydroxylation sites is 1. The average molecular weight is 388 g/mol. The van der Waals surface area contributed by atoms with E-state index in [9.17, 15) is 9.90 Å². The lowest BCUT2D eigenvalue weighted by Crippen LogP contribution is -2.75. The van der Waals surface area contributed by atoms with Crippen molar-refractivity contribution in [1.82, 2.24) is 4.98 Å². The number of nitrogens with one attached hydrogen (secondary N) is 2. The summed E-state index contributed by atoms with van der Waals surface area (Å²) in [5.74, 6) is 0.291. The number of aromatic nitrogens is 1. The molecule has 1 atom stereocenters. The molecule has 0 bridgehead atoms. The largest absolute Gasteiger partial charge is 0.511 e. The number of allylic oxidation sites excluding steroid dienone is 2. The molecule has 4 rings (SSSR count). The summed E-state index contributed by atoms with van der Waals surface area (Å²) < 4.78 is 0. The number of hydrogen-bond donors (Lipinski definition) is 3. The van der Waals surface area contributed by atoms with Crippen LogP contribution >= 0.6 is 0 Å². The average Bonchev–Trinajstić information content (AvgIpc) is 3.03. The molecule has 4 nitrogen and oxygen atoms in total. The Labute approximate surface area is 171 Å². The monoisotopic (exact) mass is 387 g/mol. The van der Waals surface area contributed by atoms with Crippen LogP contribution in [0.15, 0.2) is 65.9 Å². The zero-order valence-corrected chi connectivity index (χ0v) is 17.0. The lowest BCUT2D eigenvalue weighted by Gasteiger charge is -2.22. The number of carbonyl (C=O) groups is 1. The molecule has 148 valence electrons. The molecule has 3 N–H and O–H groups in total. The van der Waals surface area contributed by atoms with Crippen LogP contribution in [-0.2, 0) is 11.2 Å². The van der Waals surface area contributed by atoms with Gasteiger partial charge in [-0.05, 0) is 31.0 Å². The smallest absolute Gasteiger partial charge is 0.189 e. The van der Waals surface area contributed by atoms with Gasteiger partial charge in [-0.3, -0.25) is 4.79 Å². The summed E-state index contributed by atoms with van der Waals surface area (Å²) in [6.07, 6.45) is 2.09. The Morgan fingerprint density at radius 1 is 1.10 bits per heavy atom. The minimum absolute atomic E-state index is 0.0835. The predicted molar refractivity (Wildman–Crippen MR) is 116 cm³/mol. The molecule has 2 aromatic carbocycles. The van der Waals surface area contributed by atoms with Gasteiger partial charge < -0.3 is 10.1 Å². The molecule has 0 saturated heterocycles. The van der Waals surface area contributed by atoms with Crippen molar-refractivity contribution in [2.24, 2.45) is 0 Å². The summed E-state index contributed by atoms with van der Waals surface area (Å²) in [6.45, 7) is 4.34. The van der Waals surface area contributed by atoms with Crippen LogP contribution < -0.4 is 4.99 Å². The van der Waals surface area contributed by atoms with E-state index in [1.807, 2.05) is 24.3 Å². The first kappa shape index (κ1) is 19.2. The molecule has 0 spiro atoms. The fraction of sp³-hybridized carbons (Fsp3) is 0.280.